The first-order valence-corrected chi connectivity index (χ1v) is 5.98. The first-order chi connectivity index (χ1) is 6.86. The molecule has 0 aliphatic carbocycles. The molecule has 1 rings (SSSR count). The Labute approximate surface area is 90.0 Å². The molecule has 78 valence electrons. The van der Waals surface area contributed by atoms with E-state index < -0.39 is 0 Å². The van der Waals surface area contributed by atoms with Crippen LogP contribution in [0.5, 0.6) is 5.75 Å². The molecule has 1 N–H and O–H groups in total. The Hall–Kier alpha value is -0.830. The summed E-state index contributed by atoms with van der Waals surface area (Å²) in [6.45, 7) is 3.18. The zero-order valence-corrected chi connectivity index (χ0v) is 9.56. The summed E-state index contributed by atoms with van der Waals surface area (Å²) < 4.78 is 5.14. The van der Waals surface area contributed by atoms with Crippen LogP contribution >= 0.6 is 11.8 Å². The number of methoxy groups -OCH3 is 1. The summed E-state index contributed by atoms with van der Waals surface area (Å²) in [4.78, 5) is 0. The van der Waals surface area contributed by atoms with Gasteiger partial charge in [0.2, 0.25) is 0 Å². The third-order valence-corrected chi connectivity index (χ3v) is 2.75. The van der Waals surface area contributed by atoms with E-state index >= 15 is 0 Å². The van der Waals surface area contributed by atoms with Crippen LogP contribution in [-0.2, 0) is 0 Å². The van der Waals surface area contributed by atoms with Crippen LogP contribution in [0.25, 0.3) is 0 Å². The number of benzene rings is 1. The quantitative estimate of drug-likeness (QED) is 0.731. The molecule has 0 aliphatic heterocycles. The lowest BCUT2D eigenvalue weighted by Crippen LogP contribution is -2.04. The molecule has 3 heteroatoms. The summed E-state index contributed by atoms with van der Waals surface area (Å²) in [5.74, 6) is 3.23. The molecule has 0 bridgehead atoms. The molecule has 0 fully saturated rings. The molecule has 0 atom stereocenters. The van der Waals surface area contributed by atoms with Gasteiger partial charge in [-0.3, -0.25) is 0 Å². The molecule has 1 aromatic rings. The number of thioether (sulfide) groups is 1. The number of hydrogen-bond donors (Lipinski definition) is 1. The monoisotopic (exact) mass is 211 g/mol. The molecular weight excluding hydrogens is 194 g/mol. The molecule has 0 saturated carbocycles. The molecule has 0 aliphatic rings. The van der Waals surface area contributed by atoms with Gasteiger partial charge >= 0.3 is 0 Å². The van der Waals surface area contributed by atoms with Gasteiger partial charge in [0.25, 0.3) is 0 Å². The van der Waals surface area contributed by atoms with Gasteiger partial charge in [-0.1, -0.05) is 13.0 Å². The highest BCUT2D eigenvalue weighted by atomic mass is 32.2. The van der Waals surface area contributed by atoms with E-state index in [0.29, 0.717) is 0 Å². The standard InChI is InChI=1S/C11H17NOS/c1-3-14-8-7-12-10-5-4-6-11(9-10)13-2/h4-6,9,12H,3,7-8H2,1-2H3. The molecule has 0 saturated heterocycles. The highest BCUT2D eigenvalue weighted by molar-refractivity contribution is 7.99. The van der Waals surface area contributed by atoms with Crippen molar-refractivity contribution in [1.82, 2.24) is 0 Å². The Morgan fingerprint density at radius 2 is 2.29 bits per heavy atom. The summed E-state index contributed by atoms with van der Waals surface area (Å²) in [6, 6.07) is 8.01. The van der Waals surface area contributed by atoms with E-state index in [0.717, 1.165) is 23.7 Å². The van der Waals surface area contributed by atoms with Crippen LogP contribution in [0.2, 0.25) is 0 Å². The van der Waals surface area contributed by atoms with E-state index in [2.05, 4.69) is 18.3 Å². The minimum atomic E-state index is 0.901. The number of nitrogens with one attached hydrogen (secondary N) is 1. The van der Waals surface area contributed by atoms with Crippen molar-refractivity contribution in [3.8, 4) is 5.75 Å². The molecule has 0 spiro atoms. The molecule has 0 radical (unpaired) electrons. The van der Waals surface area contributed by atoms with Gasteiger partial charge in [-0.2, -0.15) is 11.8 Å². The van der Waals surface area contributed by atoms with Gasteiger partial charge in [0, 0.05) is 24.1 Å². The van der Waals surface area contributed by atoms with Crippen molar-refractivity contribution < 1.29 is 4.74 Å². The summed E-state index contributed by atoms with van der Waals surface area (Å²) >= 11 is 1.94. The maximum Gasteiger partial charge on any atom is 0.120 e. The minimum Gasteiger partial charge on any atom is -0.497 e. The highest BCUT2D eigenvalue weighted by Crippen LogP contribution is 2.16. The van der Waals surface area contributed by atoms with Crippen LogP contribution in [0, 0.1) is 0 Å². The van der Waals surface area contributed by atoms with Crippen molar-refractivity contribution in [1.29, 1.82) is 0 Å². The average molecular weight is 211 g/mol. The predicted octanol–water partition coefficient (Wildman–Crippen LogP) is 2.86. The fraction of sp³-hybridized carbons (Fsp3) is 0.455. The molecule has 0 aromatic heterocycles. The Bertz CT molecular complexity index is 265. The van der Waals surface area contributed by atoms with Crippen LogP contribution in [0.3, 0.4) is 0 Å². The maximum atomic E-state index is 5.14. The topological polar surface area (TPSA) is 21.3 Å². The number of anilines is 1. The van der Waals surface area contributed by atoms with E-state index in [4.69, 9.17) is 4.74 Å². The van der Waals surface area contributed by atoms with Crippen molar-refractivity contribution in [2.45, 2.75) is 6.92 Å². The third kappa shape index (κ3) is 3.92. The van der Waals surface area contributed by atoms with Crippen molar-refractivity contribution in [3.05, 3.63) is 24.3 Å². The second kappa shape index (κ2) is 6.60. The van der Waals surface area contributed by atoms with E-state index in [1.165, 1.54) is 5.75 Å². The van der Waals surface area contributed by atoms with Crippen LogP contribution in [-0.4, -0.2) is 25.2 Å². The highest BCUT2D eigenvalue weighted by Gasteiger charge is 1.93. The van der Waals surface area contributed by atoms with Gasteiger partial charge in [-0.15, -0.1) is 0 Å². The Morgan fingerprint density at radius 3 is 3.00 bits per heavy atom. The lowest BCUT2D eigenvalue weighted by atomic mass is 10.3. The smallest absolute Gasteiger partial charge is 0.120 e. The Balaban J connectivity index is 2.34. The summed E-state index contributed by atoms with van der Waals surface area (Å²) in [5.41, 5.74) is 1.13. The van der Waals surface area contributed by atoms with Crippen LogP contribution in [0.1, 0.15) is 6.92 Å². The lowest BCUT2D eigenvalue weighted by molar-refractivity contribution is 0.415. The lowest BCUT2D eigenvalue weighted by Gasteiger charge is -2.07. The Morgan fingerprint density at radius 1 is 1.43 bits per heavy atom. The minimum absolute atomic E-state index is 0.901. The van der Waals surface area contributed by atoms with E-state index in [9.17, 15) is 0 Å². The SMILES string of the molecule is CCSCCNc1cccc(OC)c1. The van der Waals surface area contributed by atoms with Gasteiger partial charge in [0.1, 0.15) is 5.75 Å². The molecule has 0 amide bonds. The van der Waals surface area contributed by atoms with Crippen LogP contribution in [0.4, 0.5) is 5.69 Å². The van der Waals surface area contributed by atoms with Crippen molar-refractivity contribution in [2.24, 2.45) is 0 Å². The molecular formula is C11H17NOS. The van der Waals surface area contributed by atoms with E-state index in [1.807, 2.05) is 30.0 Å². The fourth-order valence-electron chi connectivity index (χ4n) is 1.14. The first kappa shape index (κ1) is 11.2. The normalized spacial score (nSPS) is 9.86. The molecule has 0 heterocycles. The van der Waals surface area contributed by atoms with Crippen molar-refractivity contribution in [3.63, 3.8) is 0 Å². The van der Waals surface area contributed by atoms with Gasteiger partial charge < -0.3 is 10.1 Å². The zero-order chi connectivity index (χ0) is 10.2. The summed E-state index contributed by atoms with van der Waals surface area (Å²) in [7, 11) is 1.69. The number of ether oxygens (including phenoxy) is 1. The van der Waals surface area contributed by atoms with E-state index in [-0.39, 0.29) is 0 Å². The molecule has 1 aromatic carbocycles. The number of hydrogen-bond acceptors (Lipinski definition) is 3. The van der Waals surface area contributed by atoms with Crippen molar-refractivity contribution in [2.75, 3.05) is 30.5 Å². The fourth-order valence-corrected chi connectivity index (χ4v) is 1.68. The summed E-state index contributed by atoms with van der Waals surface area (Å²) in [6.07, 6.45) is 0. The molecule has 2 nitrogen and oxygen atoms in total. The molecule has 14 heavy (non-hydrogen) atoms. The van der Waals surface area contributed by atoms with E-state index in [1.54, 1.807) is 7.11 Å². The average Bonchev–Trinajstić information content (AvgIpc) is 2.25. The largest absolute Gasteiger partial charge is 0.497 e. The number of rotatable bonds is 6. The van der Waals surface area contributed by atoms with Crippen molar-refractivity contribution >= 4 is 17.4 Å². The Kier molecular flexibility index (Phi) is 5.30. The molecule has 0 unspecified atom stereocenters. The first-order valence-electron chi connectivity index (χ1n) is 4.82. The zero-order valence-electron chi connectivity index (χ0n) is 8.75. The second-order valence-corrected chi connectivity index (χ2v) is 4.25. The van der Waals surface area contributed by atoms with Crippen LogP contribution < -0.4 is 10.1 Å². The van der Waals surface area contributed by atoms with Gasteiger partial charge in [-0.05, 0) is 17.9 Å². The third-order valence-electron chi connectivity index (χ3n) is 1.85. The maximum absolute atomic E-state index is 5.14. The second-order valence-electron chi connectivity index (χ2n) is 2.86. The van der Waals surface area contributed by atoms with Crippen LogP contribution in [0.15, 0.2) is 24.3 Å². The van der Waals surface area contributed by atoms with Gasteiger partial charge in [0.15, 0.2) is 0 Å². The summed E-state index contributed by atoms with van der Waals surface area (Å²) in [5, 5.41) is 3.35. The predicted molar refractivity (Wildman–Crippen MR) is 64.5 cm³/mol. The van der Waals surface area contributed by atoms with Gasteiger partial charge in [-0.25, -0.2) is 0 Å². The van der Waals surface area contributed by atoms with Gasteiger partial charge in [0.05, 0.1) is 7.11 Å².